The highest BCUT2D eigenvalue weighted by atomic mass is 79.9. The molecule has 0 saturated carbocycles. The Balaban J connectivity index is 1.48. The number of ether oxygens (including phenoxy) is 5. The number of para-hydroxylation sites is 2. The van der Waals surface area contributed by atoms with Gasteiger partial charge in [-0.05, 0) is 94.8 Å². The molecule has 3 aromatic rings. The molecule has 3 aromatic carbocycles. The Kier molecular flexibility index (Phi) is 9.73. The highest BCUT2D eigenvalue weighted by Gasteiger charge is 2.35. The Morgan fingerprint density at radius 1 is 0.950 bits per heavy atom. The van der Waals surface area contributed by atoms with Crippen LogP contribution in [-0.4, -0.2) is 56.0 Å². The molecule has 1 aliphatic rings. The van der Waals surface area contributed by atoms with Crippen LogP contribution >= 0.6 is 27.7 Å². The van der Waals surface area contributed by atoms with Crippen LogP contribution in [0.25, 0.3) is 6.08 Å². The predicted molar refractivity (Wildman–Crippen MR) is 154 cm³/mol. The molecule has 0 aromatic heterocycles. The summed E-state index contributed by atoms with van der Waals surface area (Å²) in [4.78, 5) is 39.7. The Hall–Kier alpha value is -3.96. The lowest BCUT2D eigenvalue weighted by molar-refractivity contribution is -0.123. The summed E-state index contributed by atoms with van der Waals surface area (Å²) < 4.78 is 27.9. The number of carbonyl (C=O) groups is 3. The second-order valence-electron chi connectivity index (χ2n) is 8.21. The summed E-state index contributed by atoms with van der Waals surface area (Å²) >= 11 is 4.28. The zero-order valence-corrected chi connectivity index (χ0v) is 24.4. The van der Waals surface area contributed by atoms with Crippen LogP contribution in [0.2, 0.25) is 0 Å². The highest BCUT2D eigenvalue weighted by molar-refractivity contribution is 9.10. The maximum Gasteiger partial charge on any atom is 0.343 e. The normalized spacial score (nSPS) is 13.9. The number of thioether (sulfide) groups is 1. The lowest BCUT2D eigenvalue weighted by Crippen LogP contribution is -2.32. The smallest absolute Gasteiger partial charge is 0.343 e. The minimum atomic E-state index is -0.575. The first-order valence-electron chi connectivity index (χ1n) is 12.2. The van der Waals surface area contributed by atoms with Crippen molar-refractivity contribution in [1.82, 2.24) is 4.90 Å². The van der Waals surface area contributed by atoms with Crippen LogP contribution in [0.1, 0.15) is 22.8 Å². The van der Waals surface area contributed by atoms with E-state index in [2.05, 4.69) is 15.9 Å². The lowest BCUT2D eigenvalue weighted by Gasteiger charge is -2.15. The number of amides is 2. The first kappa shape index (κ1) is 29.0. The first-order chi connectivity index (χ1) is 19.3. The Morgan fingerprint density at radius 3 is 2.35 bits per heavy atom. The summed E-state index contributed by atoms with van der Waals surface area (Å²) in [5.74, 6) is 1.19. The van der Waals surface area contributed by atoms with Crippen LogP contribution < -0.4 is 23.7 Å². The van der Waals surface area contributed by atoms with Crippen molar-refractivity contribution in [1.29, 1.82) is 0 Å². The van der Waals surface area contributed by atoms with E-state index in [0.717, 1.165) is 16.7 Å². The van der Waals surface area contributed by atoms with E-state index < -0.39 is 17.1 Å². The first-order valence-corrected chi connectivity index (χ1v) is 13.8. The van der Waals surface area contributed by atoms with E-state index in [1.54, 1.807) is 74.7 Å². The Labute approximate surface area is 244 Å². The van der Waals surface area contributed by atoms with E-state index >= 15 is 0 Å². The summed E-state index contributed by atoms with van der Waals surface area (Å²) in [6.07, 6.45) is 1.59. The minimum absolute atomic E-state index is 0.0776. The van der Waals surface area contributed by atoms with Gasteiger partial charge in [0.1, 0.15) is 12.4 Å². The number of rotatable bonds is 11. The van der Waals surface area contributed by atoms with Crippen LogP contribution in [0, 0.1) is 0 Å². The molecule has 0 radical (unpaired) electrons. The average Bonchev–Trinajstić information content (AvgIpc) is 3.22. The molecular formula is C29H26BrNO8S. The number of methoxy groups -OCH3 is 2. The number of nitrogens with zero attached hydrogens (tertiary/aromatic N) is 1. The molecule has 208 valence electrons. The SMILES string of the molecule is CCOc1cc(/C=C2\SC(=O)N(CCOc3ccccc3OC)C2=O)cc(Br)c1OC(=O)c1ccc(OC)cc1. The van der Waals surface area contributed by atoms with Crippen molar-refractivity contribution in [3.8, 4) is 28.7 Å². The van der Waals surface area contributed by atoms with Gasteiger partial charge < -0.3 is 23.7 Å². The fourth-order valence-electron chi connectivity index (χ4n) is 3.74. The summed E-state index contributed by atoms with van der Waals surface area (Å²) in [6.45, 7) is 2.30. The van der Waals surface area contributed by atoms with E-state index in [0.29, 0.717) is 45.2 Å². The quantitative estimate of drug-likeness (QED) is 0.140. The average molecular weight is 628 g/mol. The van der Waals surface area contributed by atoms with Crippen LogP contribution in [0.15, 0.2) is 70.0 Å². The van der Waals surface area contributed by atoms with E-state index in [1.807, 2.05) is 6.07 Å². The molecule has 2 amide bonds. The fraction of sp³-hybridized carbons (Fsp3) is 0.207. The predicted octanol–water partition coefficient (Wildman–Crippen LogP) is 6.20. The topological polar surface area (TPSA) is 101 Å². The van der Waals surface area contributed by atoms with Crippen molar-refractivity contribution < 1.29 is 38.1 Å². The summed E-state index contributed by atoms with van der Waals surface area (Å²) in [5.41, 5.74) is 0.915. The molecule has 0 aliphatic carbocycles. The van der Waals surface area contributed by atoms with E-state index in [4.69, 9.17) is 23.7 Å². The van der Waals surface area contributed by atoms with Crippen LogP contribution in [0.3, 0.4) is 0 Å². The summed E-state index contributed by atoms with van der Waals surface area (Å²) in [6, 6.07) is 17.0. The van der Waals surface area contributed by atoms with Gasteiger partial charge in [0.25, 0.3) is 11.1 Å². The molecule has 0 N–H and O–H groups in total. The molecule has 9 nitrogen and oxygen atoms in total. The second kappa shape index (κ2) is 13.4. The van der Waals surface area contributed by atoms with Crippen molar-refractivity contribution in [2.24, 2.45) is 0 Å². The molecule has 40 heavy (non-hydrogen) atoms. The van der Waals surface area contributed by atoms with Crippen molar-refractivity contribution in [3.63, 3.8) is 0 Å². The fourth-order valence-corrected chi connectivity index (χ4v) is 5.15. The van der Waals surface area contributed by atoms with Gasteiger partial charge in [-0.2, -0.15) is 0 Å². The second-order valence-corrected chi connectivity index (χ2v) is 10.1. The molecule has 1 saturated heterocycles. The molecule has 1 aliphatic heterocycles. The van der Waals surface area contributed by atoms with Gasteiger partial charge in [0.15, 0.2) is 23.0 Å². The molecule has 1 fully saturated rings. The van der Waals surface area contributed by atoms with Gasteiger partial charge >= 0.3 is 5.97 Å². The van der Waals surface area contributed by atoms with Crippen molar-refractivity contribution in [2.45, 2.75) is 6.92 Å². The Bertz CT molecular complexity index is 1440. The van der Waals surface area contributed by atoms with Gasteiger partial charge in [0.05, 0.1) is 42.3 Å². The number of hydrogen-bond donors (Lipinski definition) is 0. The number of halogens is 1. The van der Waals surface area contributed by atoms with E-state index in [-0.39, 0.29) is 23.8 Å². The molecule has 0 unspecified atom stereocenters. The van der Waals surface area contributed by atoms with E-state index in [9.17, 15) is 14.4 Å². The van der Waals surface area contributed by atoms with Gasteiger partial charge in [0.2, 0.25) is 0 Å². The monoisotopic (exact) mass is 627 g/mol. The van der Waals surface area contributed by atoms with Crippen LogP contribution in [0.4, 0.5) is 4.79 Å². The molecule has 0 atom stereocenters. The number of benzene rings is 3. The number of esters is 1. The molecule has 1 heterocycles. The Morgan fingerprint density at radius 2 is 1.68 bits per heavy atom. The van der Waals surface area contributed by atoms with Crippen molar-refractivity contribution in [3.05, 3.63) is 81.2 Å². The molecule has 0 bridgehead atoms. The molecule has 11 heteroatoms. The molecule has 4 rings (SSSR count). The number of hydrogen-bond acceptors (Lipinski definition) is 9. The van der Waals surface area contributed by atoms with Gasteiger partial charge in [-0.1, -0.05) is 12.1 Å². The van der Waals surface area contributed by atoms with Crippen LogP contribution in [-0.2, 0) is 4.79 Å². The van der Waals surface area contributed by atoms with Crippen molar-refractivity contribution in [2.75, 3.05) is 34.0 Å². The zero-order chi connectivity index (χ0) is 28.6. The van der Waals surface area contributed by atoms with Gasteiger partial charge in [0, 0.05) is 0 Å². The van der Waals surface area contributed by atoms with Gasteiger partial charge in [-0.3, -0.25) is 14.5 Å². The molecular weight excluding hydrogens is 602 g/mol. The minimum Gasteiger partial charge on any atom is -0.497 e. The maximum atomic E-state index is 13.0. The maximum absolute atomic E-state index is 13.0. The lowest BCUT2D eigenvalue weighted by atomic mass is 10.1. The number of carbonyl (C=O) groups excluding carboxylic acids is 3. The molecule has 0 spiro atoms. The summed E-state index contributed by atoms with van der Waals surface area (Å²) in [5, 5.41) is -0.394. The van der Waals surface area contributed by atoms with Crippen molar-refractivity contribution >= 4 is 50.9 Å². The third-order valence-electron chi connectivity index (χ3n) is 5.67. The number of imide groups is 1. The van der Waals surface area contributed by atoms with Crippen LogP contribution in [0.5, 0.6) is 28.7 Å². The third-order valence-corrected chi connectivity index (χ3v) is 7.16. The highest BCUT2D eigenvalue weighted by Crippen LogP contribution is 2.40. The van der Waals surface area contributed by atoms with Gasteiger partial charge in [-0.15, -0.1) is 0 Å². The van der Waals surface area contributed by atoms with Gasteiger partial charge in [-0.25, -0.2) is 4.79 Å². The largest absolute Gasteiger partial charge is 0.497 e. The zero-order valence-electron chi connectivity index (χ0n) is 22.0. The summed E-state index contributed by atoms with van der Waals surface area (Å²) in [7, 11) is 3.08. The van der Waals surface area contributed by atoms with E-state index in [1.165, 1.54) is 7.11 Å². The third kappa shape index (κ3) is 6.78. The standard InChI is InChI=1S/C29H26BrNO8S/c1-4-37-24-16-18(15-21(30)26(24)39-28(33)19-9-11-20(35-2)12-10-19)17-25-27(32)31(29(34)40-25)13-14-38-23-8-6-5-7-22(23)36-3/h5-12,15-17H,4,13-14H2,1-3H3/b25-17-.